The van der Waals surface area contributed by atoms with Gasteiger partial charge >= 0.3 is 0 Å². The quantitative estimate of drug-likeness (QED) is 0.801. The smallest absolute Gasteiger partial charge is 0.0426 e. The molecule has 2 nitrogen and oxygen atoms in total. The van der Waals surface area contributed by atoms with Crippen molar-refractivity contribution in [1.82, 2.24) is 5.32 Å². The molecule has 0 spiro atoms. The average Bonchev–Trinajstić information content (AvgIpc) is 2.40. The van der Waals surface area contributed by atoms with E-state index in [9.17, 15) is 0 Å². The summed E-state index contributed by atoms with van der Waals surface area (Å²) in [4.78, 5) is 2.55. The van der Waals surface area contributed by atoms with Gasteiger partial charge in [-0.25, -0.2) is 0 Å². The molecule has 2 rings (SSSR count). The van der Waals surface area contributed by atoms with Gasteiger partial charge in [0, 0.05) is 30.9 Å². The fourth-order valence-electron chi connectivity index (χ4n) is 2.90. The van der Waals surface area contributed by atoms with Gasteiger partial charge in [0.2, 0.25) is 0 Å². The standard InChI is InChI=1S/C15H24N2/c1-11-6-5-7-12(2)15(11)17-9-8-13(3)16-14(4)10-17/h5-7,13-14,16H,8-10H2,1-4H3. The van der Waals surface area contributed by atoms with Crippen LogP contribution in [0.4, 0.5) is 5.69 Å². The maximum atomic E-state index is 3.64. The first-order valence-electron chi connectivity index (χ1n) is 6.65. The number of hydrogen-bond acceptors (Lipinski definition) is 2. The van der Waals surface area contributed by atoms with Gasteiger partial charge in [-0.3, -0.25) is 0 Å². The Hall–Kier alpha value is -1.02. The van der Waals surface area contributed by atoms with Crippen molar-refractivity contribution in [2.75, 3.05) is 18.0 Å². The molecule has 1 saturated heterocycles. The number of aryl methyl sites for hydroxylation is 2. The van der Waals surface area contributed by atoms with Crippen molar-refractivity contribution in [2.24, 2.45) is 0 Å². The molecule has 0 radical (unpaired) electrons. The maximum absolute atomic E-state index is 3.64. The Balaban J connectivity index is 2.26. The second-order valence-electron chi connectivity index (χ2n) is 5.44. The van der Waals surface area contributed by atoms with Crippen LogP contribution in [-0.4, -0.2) is 25.2 Å². The molecule has 2 heteroatoms. The molecule has 94 valence electrons. The Labute approximate surface area is 105 Å². The average molecular weight is 232 g/mol. The van der Waals surface area contributed by atoms with E-state index < -0.39 is 0 Å². The number of rotatable bonds is 1. The molecule has 1 N–H and O–H groups in total. The highest BCUT2D eigenvalue weighted by Crippen LogP contribution is 2.26. The first kappa shape index (κ1) is 12.4. The zero-order chi connectivity index (χ0) is 12.4. The van der Waals surface area contributed by atoms with E-state index >= 15 is 0 Å². The van der Waals surface area contributed by atoms with E-state index in [0.717, 1.165) is 13.1 Å². The summed E-state index contributed by atoms with van der Waals surface area (Å²) in [6.45, 7) is 11.3. The number of hydrogen-bond donors (Lipinski definition) is 1. The van der Waals surface area contributed by atoms with Crippen LogP contribution >= 0.6 is 0 Å². The highest BCUT2D eigenvalue weighted by atomic mass is 15.2. The molecular weight excluding hydrogens is 208 g/mol. The molecule has 17 heavy (non-hydrogen) atoms. The summed E-state index contributed by atoms with van der Waals surface area (Å²) >= 11 is 0. The van der Waals surface area contributed by atoms with Crippen LogP contribution in [0, 0.1) is 13.8 Å². The topological polar surface area (TPSA) is 15.3 Å². The summed E-state index contributed by atoms with van der Waals surface area (Å²) in [5.41, 5.74) is 4.23. The third-order valence-electron chi connectivity index (χ3n) is 3.65. The van der Waals surface area contributed by atoms with Crippen LogP contribution in [0.5, 0.6) is 0 Å². The van der Waals surface area contributed by atoms with E-state index in [4.69, 9.17) is 0 Å². The molecule has 0 saturated carbocycles. The molecule has 0 amide bonds. The molecule has 1 aliphatic rings. The zero-order valence-corrected chi connectivity index (χ0v) is 11.5. The lowest BCUT2D eigenvalue weighted by atomic mass is 10.1. The van der Waals surface area contributed by atoms with Crippen LogP contribution in [0.25, 0.3) is 0 Å². The summed E-state index contributed by atoms with van der Waals surface area (Å²) in [7, 11) is 0. The molecule has 0 aliphatic carbocycles. The van der Waals surface area contributed by atoms with Crippen molar-refractivity contribution < 1.29 is 0 Å². The Morgan fingerprint density at radius 2 is 1.76 bits per heavy atom. The summed E-state index contributed by atoms with van der Waals surface area (Å²) in [5.74, 6) is 0. The predicted molar refractivity (Wildman–Crippen MR) is 74.8 cm³/mol. The maximum Gasteiger partial charge on any atom is 0.0426 e. The Morgan fingerprint density at radius 1 is 1.12 bits per heavy atom. The number of anilines is 1. The molecular formula is C15H24N2. The molecule has 1 aliphatic heterocycles. The van der Waals surface area contributed by atoms with Gasteiger partial charge in [-0.15, -0.1) is 0 Å². The van der Waals surface area contributed by atoms with Crippen molar-refractivity contribution in [1.29, 1.82) is 0 Å². The first-order valence-corrected chi connectivity index (χ1v) is 6.65. The highest BCUT2D eigenvalue weighted by Gasteiger charge is 2.20. The number of benzene rings is 1. The summed E-state index contributed by atoms with van der Waals surface area (Å²) in [6, 6.07) is 7.77. The van der Waals surface area contributed by atoms with E-state index in [0.29, 0.717) is 12.1 Å². The molecule has 1 aromatic rings. The van der Waals surface area contributed by atoms with Crippen molar-refractivity contribution in [3.8, 4) is 0 Å². The van der Waals surface area contributed by atoms with Gasteiger partial charge in [-0.1, -0.05) is 18.2 Å². The Kier molecular flexibility index (Phi) is 3.72. The van der Waals surface area contributed by atoms with E-state index in [-0.39, 0.29) is 0 Å². The minimum atomic E-state index is 0.562. The van der Waals surface area contributed by atoms with Crippen molar-refractivity contribution in [3.05, 3.63) is 29.3 Å². The molecule has 2 atom stereocenters. The molecule has 2 unspecified atom stereocenters. The molecule has 1 heterocycles. The second kappa shape index (κ2) is 5.09. The SMILES string of the molecule is Cc1cccc(C)c1N1CCC(C)NC(C)C1. The Bertz CT molecular complexity index is 366. The van der Waals surface area contributed by atoms with Gasteiger partial charge in [0.15, 0.2) is 0 Å². The van der Waals surface area contributed by atoms with Crippen molar-refractivity contribution in [3.63, 3.8) is 0 Å². The minimum Gasteiger partial charge on any atom is -0.369 e. The summed E-state index contributed by atoms with van der Waals surface area (Å²) in [6.07, 6.45) is 1.22. The lowest BCUT2D eigenvalue weighted by molar-refractivity contribution is 0.492. The van der Waals surface area contributed by atoms with Gasteiger partial charge in [0.1, 0.15) is 0 Å². The summed E-state index contributed by atoms with van der Waals surface area (Å²) in [5, 5.41) is 3.64. The predicted octanol–water partition coefficient (Wildman–Crippen LogP) is 2.88. The van der Waals surface area contributed by atoms with E-state index in [1.807, 2.05) is 0 Å². The third-order valence-corrected chi connectivity index (χ3v) is 3.65. The van der Waals surface area contributed by atoms with E-state index in [1.165, 1.54) is 23.2 Å². The van der Waals surface area contributed by atoms with Gasteiger partial charge < -0.3 is 10.2 Å². The van der Waals surface area contributed by atoms with Crippen LogP contribution in [0.15, 0.2) is 18.2 Å². The van der Waals surface area contributed by atoms with Crippen LogP contribution in [-0.2, 0) is 0 Å². The fourth-order valence-corrected chi connectivity index (χ4v) is 2.90. The van der Waals surface area contributed by atoms with E-state index in [2.05, 4.69) is 56.1 Å². The van der Waals surface area contributed by atoms with Gasteiger partial charge in [0.05, 0.1) is 0 Å². The molecule has 0 bridgehead atoms. The molecule has 1 fully saturated rings. The Morgan fingerprint density at radius 3 is 2.41 bits per heavy atom. The van der Waals surface area contributed by atoms with Crippen LogP contribution in [0.3, 0.4) is 0 Å². The van der Waals surface area contributed by atoms with Crippen molar-refractivity contribution >= 4 is 5.69 Å². The normalized spacial score (nSPS) is 25.8. The van der Waals surface area contributed by atoms with Gasteiger partial charge in [0.25, 0.3) is 0 Å². The third kappa shape index (κ3) is 2.81. The monoisotopic (exact) mass is 232 g/mol. The second-order valence-corrected chi connectivity index (χ2v) is 5.44. The fraction of sp³-hybridized carbons (Fsp3) is 0.600. The van der Waals surface area contributed by atoms with Gasteiger partial charge in [-0.05, 0) is 45.2 Å². The molecule has 1 aromatic carbocycles. The molecule has 0 aromatic heterocycles. The minimum absolute atomic E-state index is 0.562. The number of nitrogens with zero attached hydrogens (tertiary/aromatic N) is 1. The highest BCUT2D eigenvalue weighted by molar-refractivity contribution is 5.59. The van der Waals surface area contributed by atoms with Crippen molar-refractivity contribution in [2.45, 2.75) is 46.2 Å². The number of nitrogens with one attached hydrogen (secondary N) is 1. The van der Waals surface area contributed by atoms with Crippen LogP contribution in [0.1, 0.15) is 31.4 Å². The lowest BCUT2D eigenvalue weighted by Crippen LogP contribution is -2.38. The lowest BCUT2D eigenvalue weighted by Gasteiger charge is -2.28. The number of para-hydroxylation sites is 1. The summed E-state index contributed by atoms with van der Waals surface area (Å²) < 4.78 is 0. The van der Waals surface area contributed by atoms with Crippen LogP contribution in [0.2, 0.25) is 0 Å². The largest absolute Gasteiger partial charge is 0.369 e. The van der Waals surface area contributed by atoms with E-state index in [1.54, 1.807) is 0 Å². The van der Waals surface area contributed by atoms with Gasteiger partial charge in [-0.2, -0.15) is 0 Å². The zero-order valence-electron chi connectivity index (χ0n) is 11.5. The first-order chi connectivity index (χ1) is 8.08. The van der Waals surface area contributed by atoms with Crippen LogP contribution < -0.4 is 10.2 Å².